The summed E-state index contributed by atoms with van der Waals surface area (Å²) in [5.74, 6) is 1.41. The maximum Gasteiger partial charge on any atom is 0.415 e. The number of nitrogens with one attached hydrogen (secondary N) is 2. The third-order valence-electron chi connectivity index (χ3n) is 6.40. The molecule has 0 bridgehead atoms. The molecule has 3 aliphatic heterocycles. The van der Waals surface area contributed by atoms with E-state index < -0.39 is 0 Å². The van der Waals surface area contributed by atoms with Crippen LogP contribution in [0.2, 0.25) is 0 Å². The number of hydrogen-bond acceptors (Lipinski definition) is 8. The van der Waals surface area contributed by atoms with Crippen LogP contribution in [0.4, 0.5) is 4.79 Å². The topological polar surface area (TPSA) is 97.3 Å². The highest BCUT2D eigenvalue weighted by molar-refractivity contribution is 5.97. The number of carbonyl (C=O) groups excluding carboxylic acids is 1. The van der Waals surface area contributed by atoms with Crippen molar-refractivity contribution in [3.05, 3.63) is 60.3 Å². The van der Waals surface area contributed by atoms with E-state index in [1.54, 1.807) is 11.1 Å². The number of benzene rings is 1. The van der Waals surface area contributed by atoms with Gasteiger partial charge in [0, 0.05) is 37.3 Å². The Morgan fingerprint density at radius 2 is 2.17 bits per heavy atom. The van der Waals surface area contributed by atoms with Crippen molar-refractivity contribution in [1.29, 1.82) is 0 Å². The van der Waals surface area contributed by atoms with Crippen LogP contribution in [0.3, 0.4) is 0 Å². The molecule has 1 aromatic heterocycles. The predicted molar refractivity (Wildman–Crippen MR) is 137 cm³/mol. The average Bonchev–Trinajstić information content (AvgIpc) is 3.31. The van der Waals surface area contributed by atoms with Crippen molar-refractivity contribution in [3.63, 3.8) is 0 Å². The second kappa shape index (κ2) is 12.1. The van der Waals surface area contributed by atoms with E-state index in [1.165, 1.54) is 0 Å². The molecule has 2 N–H and O–H groups in total. The summed E-state index contributed by atoms with van der Waals surface area (Å²) >= 11 is 0. The Bertz CT molecular complexity index is 1100. The number of nitrogens with zero attached hydrogens (tertiary/aromatic N) is 3. The van der Waals surface area contributed by atoms with Crippen molar-refractivity contribution in [2.75, 3.05) is 39.5 Å². The van der Waals surface area contributed by atoms with Gasteiger partial charge in [0.25, 0.3) is 0 Å². The Kier molecular flexibility index (Phi) is 8.22. The summed E-state index contributed by atoms with van der Waals surface area (Å²) in [5, 5.41) is 6.85. The molecular weight excluding hydrogens is 458 g/mol. The molecule has 3 aliphatic rings. The fourth-order valence-corrected chi connectivity index (χ4v) is 4.48. The van der Waals surface area contributed by atoms with E-state index in [0.29, 0.717) is 25.6 Å². The second-order valence-electron chi connectivity index (χ2n) is 9.15. The number of aromatic nitrogens is 1. The van der Waals surface area contributed by atoms with Gasteiger partial charge in [0.15, 0.2) is 0 Å². The molecule has 4 heterocycles. The molecule has 1 unspecified atom stereocenters. The molecule has 2 fully saturated rings. The molecule has 0 radical (unpaired) electrons. The van der Waals surface area contributed by atoms with Crippen molar-refractivity contribution in [3.8, 4) is 17.1 Å². The van der Waals surface area contributed by atoms with Crippen molar-refractivity contribution in [1.82, 2.24) is 20.5 Å². The van der Waals surface area contributed by atoms with Crippen LogP contribution < -0.4 is 15.4 Å². The lowest BCUT2D eigenvalue weighted by molar-refractivity contribution is 0.0585. The van der Waals surface area contributed by atoms with Crippen LogP contribution in [0.5, 0.6) is 5.88 Å². The summed E-state index contributed by atoms with van der Waals surface area (Å²) < 4.78 is 16.9. The molecule has 5 rings (SSSR count). The minimum atomic E-state index is -0.288. The van der Waals surface area contributed by atoms with Gasteiger partial charge in [-0.25, -0.2) is 14.8 Å². The molecule has 0 spiro atoms. The molecule has 0 aliphatic carbocycles. The van der Waals surface area contributed by atoms with Gasteiger partial charge in [-0.2, -0.15) is 0 Å². The monoisotopic (exact) mass is 491 g/mol. The Morgan fingerprint density at radius 1 is 1.22 bits per heavy atom. The quantitative estimate of drug-likeness (QED) is 0.520. The van der Waals surface area contributed by atoms with Crippen LogP contribution in [0.25, 0.3) is 11.3 Å². The number of morpholine rings is 1. The Labute approximate surface area is 211 Å². The van der Waals surface area contributed by atoms with Gasteiger partial charge in [-0.1, -0.05) is 30.3 Å². The van der Waals surface area contributed by atoms with Gasteiger partial charge in [0.1, 0.15) is 18.5 Å². The van der Waals surface area contributed by atoms with Gasteiger partial charge in [-0.05, 0) is 37.1 Å². The van der Waals surface area contributed by atoms with E-state index in [4.69, 9.17) is 19.2 Å². The molecule has 2 saturated heterocycles. The molecular formula is C27H33N5O4. The number of ether oxygens (including phenoxy) is 3. The minimum absolute atomic E-state index is 0.118. The van der Waals surface area contributed by atoms with Crippen LogP contribution >= 0.6 is 0 Å². The van der Waals surface area contributed by atoms with E-state index in [-0.39, 0.29) is 18.2 Å². The molecule has 9 heteroatoms. The van der Waals surface area contributed by atoms with Gasteiger partial charge in [0.05, 0.1) is 31.5 Å². The van der Waals surface area contributed by atoms with Crippen LogP contribution in [-0.4, -0.2) is 73.4 Å². The zero-order valence-corrected chi connectivity index (χ0v) is 20.4. The molecule has 1 aromatic carbocycles. The lowest BCUT2D eigenvalue weighted by Crippen LogP contribution is -2.44. The number of allylic oxidation sites excluding steroid dienone is 1. The van der Waals surface area contributed by atoms with Crippen LogP contribution in [0.15, 0.2) is 59.7 Å². The van der Waals surface area contributed by atoms with E-state index in [0.717, 1.165) is 68.2 Å². The van der Waals surface area contributed by atoms with Gasteiger partial charge >= 0.3 is 6.09 Å². The Balaban J connectivity index is 1.09. The first-order valence-electron chi connectivity index (χ1n) is 12.7. The summed E-state index contributed by atoms with van der Waals surface area (Å²) in [6, 6.07) is 14.4. The normalized spacial score (nSPS) is 21.8. The summed E-state index contributed by atoms with van der Waals surface area (Å²) in [6.45, 7) is 4.82. The summed E-state index contributed by atoms with van der Waals surface area (Å²) in [6.07, 6.45) is 5.81. The van der Waals surface area contributed by atoms with Crippen molar-refractivity contribution >= 4 is 11.9 Å². The number of amides is 1. The lowest BCUT2D eigenvalue weighted by Gasteiger charge is -2.23. The number of carbonyl (C=O) groups is 1. The van der Waals surface area contributed by atoms with Crippen LogP contribution in [0.1, 0.15) is 24.8 Å². The van der Waals surface area contributed by atoms with E-state index in [2.05, 4.69) is 33.8 Å². The first-order valence-corrected chi connectivity index (χ1v) is 12.7. The largest absolute Gasteiger partial charge is 0.476 e. The molecule has 0 saturated carbocycles. The van der Waals surface area contributed by atoms with Gasteiger partial charge in [-0.3, -0.25) is 4.90 Å². The Morgan fingerprint density at radius 3 is 3.03 bits per heavy atom. The standard InChI is InChI=1S/C27H33N5O4/c33-27-32(25-8-1-2-11-30-25)17-23(36-27)10-12-28-16-20-5-3-6-21(15-20)24-7-4-9-26(31-24)35-19-22-18-34-14-13-29-22/h2-7,9,11,15,22-23,28-29H,1,8,10,12-14,16-19H2/t22?,23-/m0/s1. The number of amidine groups is 1. The fraction of sp³-hybridized carbons (Fsp3) is 0.444. The summed E-state index contributed by atoms with van der Waals surface area (Å²) in [5.41, 5.74) is 3.08. The number of cyclic esters (lactones) is 1. The minimum Gasteiger partial charge on any atom is -0.476 e. The van der Waals surface area contributed by atoms with E-state index >= 15 is 0 Å². The van der Waals surface area contributed by atoms with Crippen LogP contribution in [-0.2, 0) is 16.0 Å². The molecule has 1 amide bonds. The number of hydrogen-bond donors (Lipinski definition) is 2. The van der Waals surface area contributed by atoms with E-state index in [1.807, 2.05) is 30.3 Å². The second-order valence-corrected chi connectivity index (χ2v) is 9.15. The summed E-state index contributed by atoms with van der Waals surface area (Å²) in [4.78, 5) is 22.9. The third-order valence-corrected chi connectivity index (χ3v) is 6.40. The van der Waals surface area contributed by atoms with Crippen molar-refractivity contribution < 1.29 is 19.0 Å². The van der Waals surface area contributed by atoms with Gasteiger partial charge in [-0.15, -0.1) is 0 Å². The maximum atomic E-state index is 12.2. The molecule has 190 valence electrons. The number of aliphatic imine (C=N–C) groups is 1. The first kappa shape index (κ1) is 24.4. The maximum absolute atomic E-state index is 12.2. The van der Waals surface area contributed by atoms with E-state index in [9.17, 15) is 4.79 Å². The molecule has 9 nitrogen and oxygen atoms in total. The SMILES string of the molecule is O=C1O[C@@H](CCNCc2cccc(-c3cccc(OCC4COCCN4)n3)c2)CN1C1=NC=CCC1. The zero-order chi connectivity index (χ0) is 24.6. The van der Waals surface area contributed by atoms with Crippen LogP contribution in [0, 0.1) is 0 Å². The first-order chi connectivity index (χ1) is 17.7. The highest BCUT2D eigenvalue weighted by atomic mass is 16.6. The van der Waals surface area contributed by atoms with Crippen molar-refractivity contribution in [2.45, 2.75) is 38.0 Å². The summed E-state index contributed by atoms with van der Waals surface area (Å²) in [7, 11) is 0. The average molecular weight is 492 g/mol. The van der Waals surface area contributed by atoms with Gasteiger partial charge < -0.3 is 24.8 Å². The lowest BCUT2D eigenvalue weighted by atomic mass is 10.1. The molecule has 36 heavy (non-hydrogen) atoms. The van der Waals surface area contributed by atoms with Gasteiger partial charge in [0.2, 0.25) is 5.88 Å². The highest BCUT2D eigenvalue weighted by Gasteiger charge is 2.33. The molecule has 2 atom stereocenters. The predicted octanol–water partition coefficient (Wildman–Crippen LogP) is 3.12. The Hall–Kier alpha value is -3.27. The number of rotatable bonds is 9. The number of pyridine rings is 1. The third kappa shape index (κ3) is 6.48. The van der Waals surface area contributed by atoms with Crippen molar-refractivity contribution in [2.24, 2.45) is 4.99 Å². The smallest absolute Gasteiger partial charge is 0.415 e. The molecule has 2 aromatic rings. The highest BCUT2D eigenvalue weighted by Crippen LogP contribution is 2.22. The fourth-order valence-electron chi connectivity index (χ4n) is 4.48. The zero-order valence-electron chi connectivity index (χ0n) is 20.4.